The summed E-state index contributed by atoms with van der Waals surface area (Å²) in [5.74, 6) is -1.59. The van der Waals surface area contributed by atoms with E-state index in [4.69, 9.17) is 0 Å². The summed E-state index contributed by atoms with van der Waals surface area (Å²) in [6, 6.07) is 3.66. The number of nitrogens with zero attached hydrogens (tertiary/aromatic N) is 1. The molecule has 0 unspecified atom stereocenters. The molecule has 3 rings (SSSR count). The number of carbonyl (C=O) groups is 1. The quantitative estimate of drug-likeness (QED) is 0.822. The van der Waals surface area contributed by atoms with Gasteiger partial charge in [-0.1, -0.05) is 18.9 Å². The first kappa shape index (κ1) is 18.3. The molecule has 2 N–H and O–H groups in total. The summed E-state index contributed by atoms with van der Waals surface area (Å²) >= 11 is 0. The molecule has 25 heavy (non-hydrogen) atoms. The number of aliphatic carboxylic acids is 1. The fourth-order valence-electron chi connectivity index (χ4n) is 3.47. The maximum atomic E-state index is 13.8. The average Bonchev–Trinajstić information content (AvgIpc) is 3.35. The Morgan fingerprint density at radius 1 is 1.36 bits per heavy atom. The molecule has 138 valence electrons. The Morgan fingerprint density at radius 2 is 2.04 bits per heavy atom. The van der Waals surface area contributed by atoms with Gasteiger partial charge >= 0.3 is 5.97 Å². The highest BCUT2D eigenvalue weighted by Gasteiger charge is 2.53. The molecular formula is C17H22FNO5S. The normalized spacial score (nSPS) is 28.0. The van der Waals surface area contributed by atoms with Crippen molar-refractivity contribution in [2.24, 2.45) is 11.3 Å². The van der Waals surface area contributed by atoms with E-state index in [0.717, 1.165) is 23.2 Å². The van der Waals surface area contributed by atoms with Gasteiger partial charge in [-0.25, -0.2) is 12.8 Å². The van der Waals surface area contributed by atoms with Crippen molar-refractivity contribution in [3.63, 3.8) is 0 Å². The number of aliphatic hydroxyl groups is 1. The van der Waals surface area contributed by atoms with Gasteiger partial charge in [-0.15, -0.1) is 0 Å². The first-order chi connectivity index (χ1) is 11.7. The highest BCUT2D eigenvalue weighted by molar-refractivity contribution is 7.89. The van der Waals surface area contributed by atoms with Crippen LogP contribution in [-0.2, 0) is 14.8 Å². The average molecular weight is 371 g/mol. The topological polar surface area (TPSA) is 94.9 Å². The van der Waals surface area contributed by atoms with Gasteiger partial charge in [-0.05, 0) is 43.4 Å². The first-order valence-electron chi connectivity index (χ1n) is 8.34. The highest BCUT2D eigenvalue weighted by atomic mass is 32.2. The Labute approximate surface area is 146 Å². The largest absolute Gasteiger partial charge is 0.481 e. The molecule has 0 aromatic heterocycles. The van der Waals surface area contributed by atoms with Gasteiger partial charge in [0.2, 0.25) is 10.0 Å². The number of carboxylic acid groups (broad SMARTS) is 1. The third kappa shape index (κ3) is 3.30. The zero-order chi connectivity index (χ0) is 18.4. The van der Waals surface area contributed by atoms with Crippen LogP contribution in [0, 0.1) is 24.1 Å². The summed E-state index contributed by atoms with van der Waals surface area (Å²) in [5.41, 5.74) is -1.17. The smallest absolute Gasteiger partial charge is 0.313 e. The van der Waals surface area contributed by atoms with Crippen molar-refractivity contribution in [1.29, 1.82) is 0 Å². The van der Waals surface area contributed by atoms with Crippen LogP contribution in [0.3, 0.4) is 0 Å². The number of benzene rings is 1. The number of hydrogen-bond acceptors (Lipinski definition) is 4. The van der Waals surface area contributed by atoms with E-state index in [1.54, 1.807) is 0 Å². The van der Waals surface area contributed by atoms with Crippen LogP contribution >= 0.6 is 0 Å². The van der Waals surface area contributed by atoms with Gasteiger partial charge in [-0.2, -0.15) is 4.31 Å². The molecule has 0 bridgehead atoms. The molecule has 1 aromatic rings. The number of aliphatic hydroxyl groups excluding tert-OH is 1. The first-order valence-corrected chi connectivity index (χ1v) is 9.78. The number of sulfonamides is 1. The molecule has 1 saturated carbocycles. The van der Waals surface area contributed by atoms with Crippen molar-refractivity contribution in [2.45, 2.75) is 43.6 Å². The summed E-state index contributed by atoms with van der Waals surface area (Å²) in [7, 11) is -4.03. The molecule has 1 aliphatic heterocycles. The van der Waals surface area contributed by atoms with Crippen molar-refractivity contribution in [2.75, 3.05) is 13.1 Å². The van der Waals surface area contributed by atoms with Crippen molar-refractivity contribution < 1.29 is 27.8 Å². The molecule has 2 aliphatic rings. The maximum Gasteiger partial charge on any atom is 0.313 e. The summed E-state index contributed by atoms with van der Waals surface area (Å²) in [6.45, 7) is 1.25. The van der Waals surface area contributed by atoms with Crippen LogP contribution in [-0.4, -0.2) is 48.1 Å². The molecular weight excluding hydrogens is 349 g/mol. The molecule has 1 heterocycles. The molecule has 1 saturated heterocycles. The lowest BCUT2D eigenvalue weighted by molar-refractivity contribution is -0.162. The Morgan fingerprint density at radius 3 is 2.60 bits per heavy atom. The fourth-order valence-corrected chi connectivity index (χ4v) is 5.00. The zero-order valence-corrected chi connectivity index (χ0v) is 14.8. The Hall–Kier alpha value is -1.51. The minimum Gasteiger partial charge on any atom is -0.481 e. The zero-order valence-electron chi connectivity index (χ0n) is 14.0. The third-order valence-electron chi connectivity index (χ3n) is 5.31. The minimum absolute atomic E-state index is 0.0126. The molecule has 0 amide bonds. The summed E-state index contributed by atoms with van der Waals surface area (Å²) in [4.78, 5) is 11.7. The molecule has 2 fully saturated rings. The number of piperidine rings is 1. The number of hydrogen-bond donors (Lipinski definition) is 2. The lowest BCUT2D eigenvalue weighted by Gasteiger charge is -2.42. The molecule has 6 nitrogen and oxygen atoms in total. The van der Waals surface area contributed by atoms with Crippen LogP contribution in [0.25, 0.3) is 0 Å². The van der Waals surface area contributed by atoms with E-state index in [1.807, 2.05) is 0 Å². The molecule has 8 heteroatoms. The van der Waals surface area contributed by atoms with Gasteiger partial charge in [0.1, 0.15) is 11.2 Å². The summed E-state index contributed by atoms with van der Waals surface area (Å²) < 4.78 is 40.6. The fraction of sp³-hybridized carbons (Fsp3) is 0.588. The van der Waals surface area contributed by atoms with Crippen LogP contribution in [0.1, 0.15) is 31.2 Å². The Balaban J connectivity index is 1.93. The van der Waals surface area contributed by atoms with Crippen molar-refractivity contribution >= 4 is 16.0 Å². The second-order valence-electron chi connectivity index (χ2n) is 7.16. The third-order valence-corrected chi connectivity index (χ3v) is 7.15. The van der Waals surface area contributed by atoms with E-state index in [2.05, 4.69) is 0 Å². The van der Waals surface area contributed by atoms with E-state index in [0.29, 0.717) is 5.56 Å². The van der Waals surface area contributed by atoms with Crippen molar-refractivity contribution in [1.82, 2.24) is 4.31 Å². The highest BCUT2D eigenvalue weighted by Crippen LogP contribution is 2.45. The van der Waals surface area contributed by atoms with Crippen LogP contribution in [0.15, 0.2) is 23.1 Å². The monoisotopic (exact) mass is 371 g/mol. The van der Waals surface area contributed by atoms with E-state index >= 15 is 0 Å². The molecule has 1 aliphatic carbocycles. The van der Waals surface area contributed by atoms with E-state index in [9.17, 15) is 27.8 Å². The predicted octanol–water partition coefficient (Wildman–Crippen LogP) is 1.76. The minimum atomic E-state index is -4.03. The molecule has 0 radical (unpaired) electrons. The van der Waals surface area contributed by atoms with E-state index < -0.39 is 33.3 Å². The van der Waals surface area contributed by atoms with Gasteiger partial charge in [0, 0.05) is 13.1 Å². The standard InChI is InChI=1S/C17H22FNO5S/c1-11-2-5-13(8-14(11)18)25(23,24)19-7-6-15(20)17(10-19,16(21)22)9-12-3-4-12/h2,5,8,12,15,20H,3-4,6-7,9-10H2,1H3,(H,21,22)/t15-,17+/m1/s1. The molecule has 1 aromatic carbocycles. The lowest BCUT2D eigenvalue weighted by Crippen LogP contribution is -2.57. The number of rotatable bonds is 5. The van der Waals surface area contributed by atoms with Crippen LogP contribution in [0.5, 0.6) is 0 Å². The number of aryl methyl sites for hydroxylation is 1. The van der Waals surface area contributed by atoms with Crippen molar-refractivity contribution in [3.8, 4) is 0 Å². The van der Waals surface area contributed by atoms with Gasteiger partial charge in [0.25, 0.3) is 0 Å². The van der Waals surface area contributed by atoms with Crippen LogP contribution in [0.2, 0.25) is 0 Å². The summed E-state index contributed by atoms with van der Waals surface area (Å²) in [6.07, 6.45) is 1.02. The Bertz CT molecular complexity index is 792. The van der Waals surface area contributed by atoms with Gasteiger partial charge < -0.3 is 10.2 Å². The second-order valence-corrected chi connectivity index (χ2v) is 9.10. The van der Waals surface area contributed by atoms with Gasteiger partial charge in [0.05, 0.1) is 11.0 Å². The van der Waals surface area contributed by atoms with Crippen LogP contribution < -0.4 is 0 Å². The Kier molecular flexibility index (Phi) is 4.63. The molecule has 0 spiro atoms. The van der Waals surface area contributed by atoms with Gasteiger partial charge in [0.15, 0.2) is 0 Å². The van der Waals surface area contributed by atoms with Crippen LogP contribution in [0.4, 0.5) is 4.39 Å². The maximum absolute atomic E-state index is 13.8. The molecule has 2 atom stereocenters. The predicted molar refractivity (Wildman–Crippen MR) is 87.9 cm³/mol. The number of halogens is 1. The number of carboxylic acids is 1. The summed E-state index contributed by atoms with van der Waals surface area (Å²) in [5, 5.41) is 20.1. The lowest BCUT2D eigenvalue weighted by atomic mass is 9.74. The second kappa shape index (κ2) is 6.34. The van der Waals surface area contributed by atoms with Gasteiger partial charge in [-0.3, -0.25) is 4.79 Å². The SMILES string of the molecule is Cc1ccc(S(=O)(=O)N2CC[C@@H](O)[C@@](CC3CC3)(C(=O)O)C2)cc1F. The van der Waals surface area contributed by atoms with Crippen molar-refractivity contribution in [3.05, 3.63) is 29.6 Å². The van der Waals surface area contributed by atoms with E-state index in [-0.39, 0.29) is 36.7 Å². The van der Waals surface area contributed by atoms with E-state index in [1.165, 1.54) is 19.1 Å².